The molecule has 0 saturated heterocycles. The van der Waals surface area contributed by atoms with Gasteiger partial charge in [0.05, 0.1) is 11.4 Å². The van der Waals surface area contributed by atoms with E-state index in [1.54, 1.807) is 18.2 Å². The first-order valence-corrected chi connectivity index (χ1v) is 14.8. The van der Waals surface area contributed by atoms with E-state index < -0.39 is 30.4 Å². The highest BCUT2D eigenvalue weighted by atomic mass is 32.2. The molecule has 214 valence electrons. The molecule has 2 aromatic rings. The molecule has 39 heavy (non-hydrogen) atoms. The number of anilines is 1. The maximum absolute atomic E-state index is 12.2. The van der Waals surface area contributed by atoms with Crippen molar-refractivity contribution in [1.82, 2.24) is 0 Å². The van der Waals surface area contributed by atoms with Gasteiger partial charge in [-0.25, -0.2) is 0 Å². The molecule has 8 heteroatoms. The van der Waals surface area contributed by atoms with Crippen molar-refractivity contribution in [1.29, 1.82) is 0 Å². The first-order chi connectivity index (χ1) is 18.7. The van der Waals surface area contributed by atoms with E-state index in [9.17, 15) is 19.5 Å². The Morgan fingerprint density at radius 3 is 2.18 bits per heavy atom. The summed E-state index contributed by atoms with van der Waals surface area (Å²) >= 11 is 1.45. The molecule has 0 saturated carbocycles. The third kappa shape index (κ3) is 12.3. The zero-order valence-corrected chi connectivity index (χ0v) is 24.0. The summed E-state index contributed by atoms with van der Waals surface area (Å²) < 4.78 is 0. The number of benzene rings is 2. The van der Waals surface area contributed by atoms with Gasteiger partial charge in [0.1, 0.15) is 6.42 Å². The number of aliphatic hydroxyl groups is 1. The standard InChI is InChI=1S/C31H43NO6S/c1-3-4-5-6-7-8-9-12-23-17-19-24(20-18-23)31(27(33)15-11-16-29(35)36)39-26-14-10-13-25(21-26)32(2)28(34)22-30(37)38/h10,13-14,17-21,27,31,33H,3-9,11-12,15-16,22H2,1-2H3,(H,35,36)(H,37,38). The van der Waals surface area contributed by atoms with Crippen LogP contribution in [0.1, 0.15) is 93.9 Å². The van der Waals surface area contributed by atoms with Crippen LogP contribution in [0.25, 0.3) is 0 Å². The lowest BCUT2D eigenvalue weighted by atomic mass is 9.99. The average molecular weight is 558 g/mol. The number of nitrogens with zero attached hydrogens (tertiary/aromatic N) is 1. The topological polar surface area (TPSA) is 115 Å². The van der Waals surface area contributed by atoms with Gasteiger partial charge in [0.25, 0.3) is 0 Å². The zero-order valence-electron chi connectivity index (χ0n) is 23.2. The van der Waals surface area contributed by atoms with Gasteiger partial charge in [-0.3, -0.25) is 14.4 Å². The minimum atomic E-state index is -1.18. The quantitative estimate of drug-likeness (QED) is 0.0981. The Labute approximate surface area is 236 Å². The van der Waals surface area contributed by atoms with E-state index in [2.05, 4.69) is 19.1 Å². The van der Waals surface area contributed by atoms with Gasteiger partial charge in [-0.2, -0.15) is 0 Å². The van der Waals surface area contributed by atoms with Gasteiger partial charge < -0.3 is 20.2 Å². The summed E-state index contributed by atoms with van der Waals surface area (Å²) in [5.41, 5.74) is 2.78. The molecule has 0 aliphatic heterocycles. The highest BCUT2D eigenvalue weighted by molar-refractivity contribution is 7.99. The van der Waals surface area contributed by atoms with Crippen LogP contribution in [0.4, 0.5) is 5.69 Å². The van der Waals surface area contributed by atoms with E-state index in [0.717, 1.165) is 23.3 Å². The zero-order chi connectivity index (χ0) is 28.6. The highest BCUT2D eigenvalue weighted by Crippen LogP contribution is 2.40. The number of unbranched alkanes of at least 4 members (excludes halogenated alkanes) is 6. The maximum atomic E-state index is 12.2. The smallest absolute Gasteiger partial charge is 0.312 e. The molecule has 2 unspecified atom stereocenters. The second-order valence-corrected chi connectivity index (χ2v) is 11.2. The number of aryl methyl sites for hydroxylation is 1. The third-order valence-electron chi connectivity index (χ3n) is 6.76. The average Bonchev–Trinajstić information content (AvgIpc) is 2.90. The number of carboxylic acids is 2. The fourth-order valence-electron chi connectivity index (χ4n) is 4.45. The Bertz CT molecular complexity index is 1040. The molecule has 2 rings (SSSR count). The van der Waals surface area contributed by atoms with Crippen LogP contribution in [0.2, 0.25) is 0 Å². The van der Waals surface area contributed by atoms with Crippen molar-refractivity contribution in [2.24, 2.45) is 0 Å². The summed E-state index contributed by atoms with van der Waals surface area (Å²) in [5, 5.41) is 28.7. The number of hydrogen-bond donors (Lipinski definition) is 3. The van der Waals surface area contributed by atoms with Gasteiger partial charge in [-0.1, -0.05) is 75.8 Å². The molecule has 1 amide bonds. The van der Waals surface area contributed by atoms with Crippen molar-refractivity contribution in [3.8, 4) is 0 Å². The van der Waals surface area contributed by atoms with Gasteiger partial charge in [-0.05, 0) is 55.0 Å². The van der Waals surface area contributed by atoms with Crippen LogP contribution in [0.5, 0.6) is 0 Å². The number of aliphatic carboxylic acids is 2. The van der Waals surface area contributed by atoms with Crippen LogP contribution < -0.4 is 4.90 Å². The summed E-state index contributed by atoms with van der Waals surface area (Å²) in [4.78, 5) is 36.3. The summed E-state index contributed by atoms with van der Waals surface area (Å²) in [6.45, 7) is 2.23. The van der Waals surface area contributed by atoms with Crippen molar-refractivity contribution < 1.29 is 29.7 Å². The molecular formula is C31H43NO6S. The monoisotopic (exact) mass is 557 g/mol. The van der Waals surface area contributed by atoms with Gasteiger partial charge >= 0.3 is 11.9 Å². The summed E-state index contributed by atoms with van der Waals surface area (Å²) in [6.07, 6.45) is 9.22. The summed E-state index contributed by atoms with van der Waals surface area (Å²) in [7, 11) is 1.54. The molecule has 0 aromatic heterocycles. The van der Waals surface area contributed by atoms with Crippen LogP contribution in [0, 0.1) is 0 Å². The lowest BCUT2D eigenvalue weighted by Gasteiger charge is -2.24. The number of carbonyl (C=O) groups is 3. The van der Waals surface area contributed by atoms with E-state index in [0.29, 0.717) is 18.5 Å². The molecule has 7 nitrogen and oxygen atoms in total. The number of amides is 1. The predicted octanol–water partition coefficient (Wildman–Crippen LogP) is 6.87. The van der Waals surface area contributed by atoms with Crippen molar-refractivity contribution >= 4 is 35.3 Å². The normalized spacial score (nSPS) is 12.6. The minimum Gasteiger partial charge on any atom is -0.481 e. The Kier molecular flexibility index (Phi) is 14.7. The van der Waals surface area contributed by atoms with Crippen molar-refractivity contribution in [2.45, 2.75) is 100 Å². The number of hydrogen-bond acceptors (Lipinski definition) is 5. The first kappa shape index (κ1) is 32.4. The molecule has 0 radical (unpaired) electrons. The Hall–Kier alpha value is -2.84. The molecule has 0 aliphatic rings. The SMILES string of the molecule is CCCCCCCCCc1ccc(C(Sc2cccc(N(C)C(=O)CC(=O)O)c2)C(O)CCCC(=O)O)cc1. The molecular weight excluding hydrogens is 514 g/mol. The second kappa shape index (κ2) is 17.7. The van der Waals surface area contributed by atoms with E-state index in [4.69, 9.17) is 10.2 Å². The predicted molar refractivity (Wildman–Crippen MR) is 156 cm³/mol. The number of carbonyl (C=O) groups excluding carboxylic acids is 1. The van der Waals surface area contributed by atoms with Crippen LogP contribution >= 0.6 is 11.8 Å². The molecule has 0 bridgehead atoms. The number of aliphatic hydroxyl groups excluding tert-OH is 1. The van der Waals surface area contributed by atoms with E-state index in [1.165, 1.54) is 67.8 Å². The Morgan fingerprint density at radius 1 is 0.872 bits per heavy atom. The van der Waals surface area contributed by atoms with Crippen LogP contribution in [0.3, 0.4) is 0 Å². The number of rotatable bonds is 19. The van der Waals surface area contributed by atoms with E-state index >= 15 is 0 Å². The number of carboxylic acid groups (broad SMARTS) is 2. The minimum absolute atomic E-state index is 0.00218. The van der Waals surface area contributed by atoms with Crippen molar-refractivity contribution in [3.63, 3.8) is 0 Å². The lowest BCUT2D eigenvalue weighted by molar-refractivity contribution is -0.140. The van der Waals surface area contributed by atoms with Gasteiger partial charge in [0.15, 0.2) is 0 Å². The summed E-state index contributed by atoms with van der Waals surface area (Å²) in [5.74, 6) is -2.59. The first-order valence-electron chi connectivity index (χ1n) is 13.9. The fourth-order valence-corrected chi connectivity index (χ4v) is 5.67. The van der Waals surface area contributed by atoms with E-state index in [-0.39, 0.29) is 11.7 Å². The molecule has 0 aliphatic carbocycles. The molecule has 3 N–H and O–H groups in total. The van der Waals surface area contributed by atoms with Crippen LogP contribution in [-0.2, 0) is 20.8 Å². The van der Waals surface area contributed by atoms with Crippen LogP contribution in [-0.4, -0.2) is 46.3 Å². The molecule has 0 fully saturated rings. The second-order valence-electron chi connectivity index (χ2n) is 10.0. The van der Waals surface area contributed by atoms with Crippen molar-refractivity contribution in [3.05, 3.63) is 59.7 Å². The van der Waals surface area contributed by atoms with Gasteiger partial charge in [-0.15, -0.1) is 11.8 Å². The fraction of sp³-hybridized carbons (Fsp3) is 0.516. The Balaban J connectivity index is 2.11. The molecule has 0 heterocycles. The highest BCUT2D eigenvalue weighted by Gasteiger charge is 2.23. The van der Waals surface area contributed by atoms with Crippen LogP contribution in [0.15, 0.2) is 53.4 Å². The lowest BCUT2D eigenvalue weighted by Crippen LogP contribution is -2.28. The number of thioether (sulfide) groups is 1. The van der Waals surface area contributed by atoms with Crippen molar-refractivity contribution in [2.75, 3.05) is 11.9 Å². The Morgan fingerprint density at radius 2 is 1.54 bits per heavy atom. The molecule has 0 spiro atoms. The third-order valence-corrected chi connectivity index (χ3v) is 8.13. The maximum Gasteiger partial charge on any atom is 0.312 e. The summed E-state index contributed by atoms with van der Waals surface area (Å²) in [6, 6.07) is 15.5. The van der Waals surface area contributed by atoms with E-state index in [1.807, 2.05) is 18.2 Å². The largest absolute Gasteiger partial charge is 0.481 e. The molecule has 2 aromatic carbocycles. The molecule has 2 atom stereocenters. The van der Waals surface area contributed by atoms with Gasteiger partial charge in [0.2, 0.25) is 5.91 Å². The van der Waals surface area contributed by atoms with Gasteiger partial charge in [0, 0.05) is 24.1 Å².